The summed E-state index contributed by atoms with van der Waals surface area (Å²) in [6.45, 7) is 0.500. The van der Waals surface area contributed by atoms with Crippen molar-refractivity contribution in [3.8, 4) is 0 Å². The van der Waals surface area contributed by atoms with Crippen LogP contribution in [0.25, 0.3) is 0 Å². The van der Waals surface area contributed by atoms with E-state index < -0.39 is 0 Å². The van der Waals surface area contributed by atoms with Crippen molar-refractivity contribution in [2.75, 3.05) is 6.54 Å². The SMILES string of the molecule is NCC(c1ccccc1Br)C(O)C1CCCC1. The van der Waals surface area contributed by atoms with E-state index in [1.54, 1.807) is 0 Å². The zero-order valence-electron chi connectivity index (χ0n) is 9.98. The molecule has 1 aromatic carbocycles. The number of aliphatic hydroxyl groups is 1. The van der Waals surface area contributed by atoms with E-state index in [4.69, 9.17) is 5.73 Å². The molecular weight excluding hydrogens is 278 g/mol. The molecule has 1 aromatic rings. The fourth-order valence-corrected chi connectivity index (χ4v) is 3.43. The Morgan fingerprint density at radius 3 is 2.53 bits per heavy atom. The summed E-state index contributed by atoms with van der Waals surface area (Å²) in [7, 11) is 0. The van der Waals surface area contributed by atoms with Crippen LogP contribution in [0, 0.1) is 5.92 Å². The Balaban J connectivity index is 2.18. The zero-order valence-corrected chi connectivity index (χ0v) is 11.6. The van der Waals surface area contributed by atoms with E-state index in [1.165, 1.54) is 12.8 Å². The van der Waals surface area contributed by atoms with Crippen LogP contribution in [0.15, 0.2) is 28.7 Å². The van der Waals surface area contributed by atoms with Crippen LogP contribution in [0.1, 0.15) is 37.2 Å². The van der Waals surface area contributed by atoms with Crippen LogP contribution in [0.5, 0.6) is 0 Å². The molecule has 1 aliphatic rings. The summed E-state index contributed by atoms with van der Waals surface area (Å²) >= 11 is 3.55. The van der Waals surface area contributed by atoms with E-state index in [9.17, 15) is 5.11 Å². The molecule has 0 heterocycles. The molecule has 3 N–H and O–H groups in total. The molecule has 1 saturated carbocycles. The van der Waals surface area contributed by atoms with Crippen molar-refractivity contribution in [2.24, 2.45) is 11.7 Å². The highest BCUT2D eigenvalue weighted by molar-refractivity contribution is 9.10. The third kappa shape index (κ3) is 2.90. The quantitative estimate of drug-likeness (QED) is 0.897. The van der Waals surface area contributed by atoms with Gasteiger partial charge in [0.25, 0.3) is 0 Å². The van der Waals surface area contributed by atoms with Crippen molar-refractivity contribution in [2.45, 2.75) is 37.7 Å². The summed E-state index contributed by atoms with van der Waals surface area (Å²) in [6, 6.07) is 8.06. The molecule has 17 heavy (non-hydrogen) atoms. The van der Waals surface area contributed by atoms with Gasteiger partial charge in [-0.05, 0) is 30.4 Å². The van der Waals surface area contributed by atoms with E-state index in [1.807, 2.05) is 18.2 Å². The average Bonchev–Trinajstić information content (AvgIpc) is 2.86. The van der Waals surface area contributed by atoms with Gasteiger partial charge in [0.05, 0.1) is 6.10 Å². The topological polar surface area (TPSA) is 46.2 Å². The molecule has 2 rings (SSSR count). The summed E-state index contributed by atoms with van der Waals surface area (Å²) < 4.78 is 1.05. The van der Waals surface area contributed by atoms with Gasteiger partial charge in [0.15, 0.2) is 0 Å². The first-order valence-corrected chi connectivity index (χ1v) is 7.16. The average molecular weight is 298 g/mol. The Kier molecular flexibility index (Phi) is 4.60. The minimum atomic E-state index is -0.304. The van der Waals surface area contributed by atoms with Crippen molar-refractivity contribution in [3.05, 3.63) is 34.3 Å². The van der Waals surface area contributed by atoms with Crippen LogP contribution in [0.2, 0.25) is 0 Å². The third-order valence-electron chi connectivity index (χ3n) is 3.85. The maximum atomic E-state index is 10.5. The second-order valence-corrected chi connectivity index (χ2v) is 5.75. The lowest BCUT2D eigenvalue weighted by molar-refractivity contribution is 0.0849. The molecule has 0 aromatic heterocycles. The molecular formula is C14H20BrNO. The predicted octanol–water partition coefficient (Wildman–Crippen LogP) is 3.04. The summed E-state index contributed by atoms with van der Waals surface area (Å²) in [4.78, 5) is 0. The highest BCUT2D eigenvalue weighted by Gasteiger charge is 2.30. The normalized spacial score (nSPS) is 20.4. The molecule has 0 aliphatic heterocycles. The van der Waals surface area contributed by atoms with Crippen molar-refractivity contribution < 1.29 is 5.11 Å². The number of hydrogen-bond donors (Lipinski definition) is 2. The van der Waals surface area contributed by atoms with Gasteiger partial charge in [-0.1, -0.05) is 47.0 Å². The summed E-state index contributed by atoms with van der Waals surface area (Å²) in [6.07, 6.45) is 4.47. The van der Waals surface area contributed by atoms with Gasteiger partial charge in [-0.3, -0.25) is 0 Å². The number of benzene rings is 1. The van der Waals surface area contributed by atoms with Gasteiger partial charge in [-0.25, -0.2) is 0 Å². The van der Waals surface area contributed by atoms with Gasteiger partial charge in [-0.2, -0.15) is 0 Å². The fraction of sp³-hybridized carbons (Fsp3) is 0.571. The maximum Gasteiger partial charge on any atom is 0.0649 e. The lowest BCUT2D eigenvalue weighted by atomic mass is 9.85. The number of rotatable bonds is 4. The molecule has 0 saturated heterocycles. The number of hydrogen-bond acceptors (Lipinski definition) is 2. The standard InChI is InChI=1S/C14H20BrNO/c15-13-8-4-3-7-11(13)12(9-16)14(17)10-5-1-2-6-10/h3-4,7-8,10,12,14,17H,1-2,5-6,9,16H2. The first-order chi connectivity index (χ1) is 8.24. The Hall–Kier alpha value is -0.380. The number of aliphatic hydroxyl groups excluding tert-OH is 1. The molecule has 1 fully saturated rings. The molecule has 94 valence electrons. The van der Waals surface area contributed by atoms with Crippen LogP contribution in [0.3, 0.4) is 0 Å². The van der Waals surface area contributed by atoms with Gasteiger partial charge in [0.2, 0.25) is 0 Å². The second kappa shape index (κ2) is 5.98. The fourth-order valence-electron chi connectivity index (χ4n) is 2.85. The molecule has 0 spiro atoms. The largest absolute Gasteiger partial charge is 0.392 e. The van der Waals surface area contributed by atoms with Crippen molar-refractivity contribution in [3.63, 3.8) is 0 Å². The van der Waals surface area contributed by atoms with E-state index in [2.05, 4.69) is 22.0 Å². The van der Waals surface area contributed by atoms with Crippen molar-refractivity contribution >= 4 is 15.9 Å². The molecule has 0 radical (unpaired) electrons. The monoisotopic (exact) mass is 297 g/mol. The van der Waals surface area contributed by atoms with Crippen LogP contribution >= 0.6 is 15.9 Å². The van der Waals surface area contributed by atoms with E-state index in [0.717, 1.165) is 22.9 Å². The third-order valence-corrected chi connectivity index (χ3v) is 4.58. The lowest BCUT2D eigenvalue weighted by Crippen LogP contribution is -2.31. The van der Waals surface area contributed by atoms with E-state index in [-0.39, 0.29) is 12.0 Å². The highest BCUT2D eigenvalue weighted by Crippen LogP contribution is 2.36. The van der Waals surface area contributed by atoms with Crippen molar-refractivity contribution in [1.29, 1.82) is 0 Å². The molecule has 0 bridgehead atoms. The minimum absolute atomic E-state index is 0.0497. The van der Waals surface area contributed by atoms with Gasteiger partial charge in [0, 0.05) is 16.9 Å². The van der Waals surface area contributed by atoms with Crippen LogP contribution in [0.4, 0.5) is 0 Å². The van der Waals surface area contributed by atoms with E-state index >= 15 is 0 Å². The zero-order chi connectivity index (χ0) is 12.3. The molecule has 2 unspecified atom stereocenters. The Bertz CT molecular complexity index is 363. The number of halogens is 1. The first kappa shape index (κ1) is 13.1. The summed E-state index contributed by atoms with van der Waals surface area (Å²) in [5.41, 5.74) is 7.00. The smallest absolute Gasteiger partial charge is 0.0649 e. The van der Waals surface area contributed by atoms with Gasteiger partial charge < -0.3 is 10.8 Å². The Labute approximate surface area is 111 Å². The minimum Gasteiger partial charge on any atom is -0.392 e. The molecule has 1 aliphatic carbocycles. The molecule has 3 heteroatoms. The Morgan fingerprint density at radius 1 is 1.29 bits per heavy atom. The predicted molar refractivity (Wildman–Crippen MR) is 73.9 cm³/mol. The van der Waals surface area contributed by atoms with Crippen LogP contribution in [-0.2, 0) is 0 Å². The first-order valence-electron chi connectivity index (χ1n) is 6.36. The van der Waals surface area contributed by atoms with Crippen LogP contribution < -0.4 is 5.73 Å². The molecule has 2 atom stereocenters. The highest BCUT2D eigenvalue weighted by atomic mass is 79.9. The van der Waals surface area contributed by atoms with Gasteiger partial charge in [-0.15, -0.1) is 0 Å². The number of nitrogens with two attached hydrogens (primary N) is 1. The second-order valence-electron chi connectivity index (χ2n) is 4.90. The van der Waals surface area contributed by atoms with Crippen LogP contribution in [-0.4, -0.2) is 17.8 Å². The van der Waals surface area contributed by atoms with Gasteiger partial charge in [0.1, 0.15) is 0 Å². The van der Waals surface area contributed by atoms with Gasteiger partial charge >= 0.3 is 0 Å². The Morgan fingerprint density at radius 2 is 1.94 bits per heavy atom. The molecule has 2 nitrogen and oxygen atoms in total. The lowest BCUT2D eigenvalue weighted by Gasteiger charge is -2.27. The molecule has 0 amide bonds. The van der Waals surface area contributed by atoms with E-state index in [0.29, 0.717) is 12.5 Å². The summed E-state index contributed by atoms with van der Waals surface area (Å²) in [5.74, 6) is 0.476. The maximum absolute atomic E-state index is 10.5. The summed E-state index contributed by atoms with van der Waals surface area (Å²) in [5, 5.41) is 10.5. The van der Waals surface area contributed by atoms with Crippen molar-refractivity contribution in [1.82, 2.24) is 0 Å².